The number of aromatic hydroxyl groups is 1. The summed E-state index contributed by atoms with van der Waals surface area (Å²) in [5, 5.41) is 18.6. The van der Waals surface area contributed by atoms with Crippen molar-refractivity contribution >= 4 is 11.8 Å². The van der Waals surface area contributed by atoms with Crippen LogP contribution in [0.1, 0.15) is 28.8 Å². The number of phenols is 1. The van der Waals surface area contributed by atoms with Crippen molar-refractivity contribution < 1.29 is 24.5 Å². The van der Waals surface area contributed by atoms with Gasteiger partial charge in [-0.1, -0.05) is 6.07 Å². The highest BCUT2D eigenvalue weighted by Gasteiger charge is 2.46. The average molecular weight is 313 g/mol. The third kappa shape index (κ3) is 2.88. The van der Waals surface area contributed by atoms with Crippen LogP contribution in [0.25, 0.3) is 0 Å². The molecule has 1 aromatic heterocycles. The van der Waals surface area contributed by atoms with E-state index in [1.807, 2.05) is 0 Å². The molecule has 0 fully saturated rings. The van der Waals surface area contributed by atoms with Gasteiger partial charge in [-0.05, 0) is 23.8 Å². The number of ether oxygens (including phenoxy) is 1. The van der Waals surface area contributed by atoms with Crippen LogP contribution in [0.4, 0.5) is 0 Å². The Balaban J connectivity index is 1.97. The number of rotatable bonds is 5. The number of benzene rings is 1. The molecule has 0 radical (unpaired) electrons. The second kappa shape index (κ2) is 5.72. The number of hydrogen-bond donors (Lipinski definition) is 2. The van der Waals surface area contributed by atoms with Gasteiger partial charge in [0.05, 0.1) is 0 Å². The van der Waals surface area contributed by atoms with E-state index < -0.39 is 11.6 Å². The number of carbonyl (C=O) groups excluding carboxylic acids is 1. The van der Waals surface area contributed by atoms with Gasteiger partial charge in [0.1, 0.15) is 11.5 Å². The molecule has 6 heteroatoms. The van der Waals surface area contributed by atoms with Gasteiger partial charge < -0.3 is 14.9 Å². The molecule has 23 heavy (non-hydrogen) atoms. The lowest BCUT2D eigenvalue weighted by molar-refractivity contribution is -0.137. The van der Waals surface area contributed by atoms with Crippen LogP contribution < -0.4 is 4.74 Å². The second-order valence-corrected chi connectivity index (χ2v) is 5.53. The molecule has 2 N–H and O–H groups in total. The Morgan fingerprint density at radius 3 is 2.83 bits per heavy atom. The first-order valence-electron chi connectivity index (χ1n) is 7.18. The van der Waals surface area contributed by atoms with E-state index in [1.54, 1.807) is 24.4 Å². The first-order valence-corrected chi connectivity index (χ1v) is 7.18. The van der Waals surface area contributed by atoms with Crippen LogP contribution in [-0.2, 0) is 11.2 Å². The highest BCUT2D eigenvalue weighted by Crippen LogP contribution is 2.41. The average Bonchev–Trinajstić information content (AvgIpc) is 2.92. The summed E-state index contributed by atoms with van der Waals surface area (Å²) in [5.41, 5.74) is -0.141. The molecule has 2 aromatic rings. The predicted molar refractivity (Wildman–Crippen MR) is 80.6 cm³/mol. The van der Waals surface area contributed by atoms with Crippen molar-refractivity contribution in [3.63, 3.8) is 0 Å². The van der Waals surface area contributed by atoms with Crippen LogP contribution in [-0.4, -0.2) is 32.6 Å². The second-order valence-electron chi connectivity index (χ2n) is 5.53. The molecule has 118 valence electrons. The van der Waals surface area contributed by atoms with E-state index in [9.17, 15) is 14.7 Å². The number of hydrogen-bond acceptors (Lipinski definition) is 5. The van der Waals surface area contributed by atoms with Gasteiger partial charge in [0.15, 0.2) is 5.60 Å². The molecule has 0 aliphatic carbocycles. The fourth-order valence-corrected chi connectivity index (χ4v) is 2.79. The molecule has 0 spiro atoms. The Morgan fingerprint density at radius 2 is 2.13 bits per heavy atom. The Morgan fingerprint density at radius 1 is 1.30 bits per heavy atom. The number of carboxylic acids is 1. The fourth-order valence-electron chi connectivity index (χ4n) is 2.79. The van der Waals surface area contributed by atoms with Gasteiger partial charge >= 0.3 is 5.97 Å². The van der Waals surface area contributed by atoms with E-state index in [0.717, 1.165) is 5.56 Å². The molecule has 1 aromatic carbocycles. The topological polar surface area (TPSA) is 96.7 Å². The van der Waals surface area contributed by atoms with Crippen LogP contribution in [0.5, 0.6) is 11.5 Å². The zero-order chi connectivity index (χ0) is 16.4. The lowest BCUT2D eigenvalue weighted by Crippen LogP contribution is -2.44. The Kier molecular flexibility index (Phi) is 3.73. The van der Waals surface area contributed by atoms with Gasteiger partial charge in [-0.15, -0.1) is 0 Å². The maximum atomic E-state index is 12.9. The van der Waals surface area contributed by atoms with Gasteiger partial charge in [0.2, 0.25) is 5.78 Å². The summed E-state index contributed by atoms with van der Waals surface area (Å²) in [5.74, 6) is -0.854. The smallest absolute Gasteiger partial charge is 0.303 e. The van der Waals surface area contributed by atoms with Gasteiger partial charge in [0, 0.05) is 43.3 Å². The van der Waals surface area contributed by atoms with Crippen LogP contribution in [0, 0.1) is 0 Å². The highest BCUT2D eigenvalue weighted by atomic mass is 16.5. The number of aromatic nitrogens is 1. The summed E-state index contributed by atoms with van der Waals surface area (Å²) < 4.78 is 5.84. The summed E-state index contributed by atoms with van der Waals surface area (Å²) in [6.45, 7) is 0. The number of carbonyl (C=O) groups is 2. The van der Waals surface area contributed by atoms with E-state index in [2.05, 4.69) is 4.98 Å². The molecule has 0 amide bonds. The first-order chi connectivity index (χ1) is 11.0. The zero-order valence-electron chi connectivity index (χ0n) is 12.2. The number of Topliss-reactive ketones (excluding diaryl/α,β-unsaturated/α-hetero) is 1. The van der Waals surface area contributed by atoms with Crippen LogP contribution in [0.15, 0.2) is 42.7 Å². The zero-order valence-corrected chi connectivity index (χ0v) is 12.2. The van der Waals surface area contributed by atoms with E-state index >= 15 is 0 Å². The van der Waals surface area contributed by atoms with Crippen molar-refractivity contribution in [1.29, 1.82) is 0 Å². The van der Waals surface area contributed by atoms with Crippen molar-refractivity contribution in [3.8, 4) is 11.5 Å². The van der Waals surface area contributed by atoms with E-state index in [1.165, 1.54) is 18.3 Å². The van der Waals surface area contributed by atoms with Crippen molar-refractivity contribution in [3.05, 3.63) is 53.9 Å². The quantitative estimate of drug-likeness (QED) is 0.821. The molecule has 0 saturated heterocycles. The molecular formula is C17H15NO5. The van der Waals surface area contributed by atoms with Crippen molar-refractivity contribution in [2.45, 2.75) is 24.9 Å². The lowest BCUT2D eigenvalue weighted by atomic mass is 9.85. The minimum absolute atomic E-state index is 0.0339. The molecule has 2 heterocycles. The number of aliphatic carboxylic acids is 1. The van der Waals surface area contributed by atoms with Crippen LogP contribution >= 0.6 is 0 Å². The highest BCUT2D eigenvalue weighted by molar-refractivity contribution is 6.03. The van der Waals surface area contributed by atoms with Gasteiger partial charge in [-0.3, -0.25) is 14.6 Å². The molecule has 1 aliphatic rings. The van der Waals surface area contributed by atoms with Crippen molar-refractivity contribution in [1.82, 2.24) is 4.98 Å². The Hall–Kier alpha value is -2.89. The number of fused-ring (bicyclic) bond motifs is 1. The molecule has 1 aliphatic heterocycles. The van der Waals surface area contributed by atoms with Crippen LogP contribution in [0.3, 0.4) is 0 Å². The predicted octanol–water partition coefficient (Wildman–Crippen LogP) is 2.21. The maximum Gasteiger partial charge on any atom is 0.303 e. The van der Waals surface area contributed by atoms with Crippen molar-refractivity contribution in [2.24, 2.45) is 0 Å². The van der Waals surface area contributed by atoms with Gasteiger partial charge in [-0.25, -0.2) is 0 Å². The van der Waals surface area contributed by atoms with Crippen LogP contribution in [0.2, 0.25) is 0 Å². The molecular weight excluding hydrogens is 298 g/mol. The summed E-state index contributed by atoms with van der Waals surface area (Å²) in [6.07, 6.45) is 3.12. The number of phenolic OH excluding ortho intramolecular Hbond substituents is 1. The summed E-state index contributed by atoms with van der Waals surface area (Å²) in [4.78, 5) is 27.8. The summed E-state index contributed by atoms with van der Waals surface area (Å²) in [7, 11) is 0. The Labute approximate surface area is 132 Å². The summed E-state index contributed by atoms with van der Waals surface area (Å²) in [6, 6.07) is 7.91. The maximum absolute atomic E-state index is 12.9. The largest absolute Gasteiger partial charge is 0.508 e. The Bertz CT molecular complexity index is 759. The molecule has 1 unspecified atom stereocenters. The molecule has 0 saturated carbocycles. The molecule has 6 nitrogen and oxygen atoms in total. The van der Waals surface area contributed by atoms with E-state index in [-0.39, 0.29) is 30.8 Å². The number of nitrogens with zero attached hydrogens (tertiary/aromatic N) is 1. The van der Waals surface area contributed by atoms with E-state index in [4.69, 9.17) is 9.84 Å². The fraction of sp³-hybridized carbons (Fsp3) is 0.235. The monoisotopic (exact) mass is 313 g/mol. The SMILES string of the molecule is O=C(O)CCC1(C(=O)c2cccnc2)Cc2ccc(O)cc2O1. The lowest BCUT2D eigenvalue weighted by Gasteiger charge is -2.26. The minimum Gasteiger partial charge on any atom is -0.508 e. The summed E-state index contributed by atoms with van der Waals surface area (Å²) >= 11 is 0. The van der Waals surface area contributed by atoms with Gasteiger partial charge in [0.25, 0.3) is 0 Å². The number of pyridine rings is 1. The third-order valence-corrected chi connectivity index (χ3v) is 3.91. The molecule has 3 rings (SSSR count). The molecule has 0 bridgehead atoms. The normalized spacial score (nSPS) is 19.0. The van der Waals surface area contributed by atoms with Crippen molar-refractivity contribution in [2.75, 3.05) is 0 Å². The van der Waals surface area contributed by atoms with Gasteiger partial charge in [-0.2, -0.15) is 0 Å². The minimum atomic E-state index is -1.28. The molecule has 1 atom stereocenters. The standard InChI is InChI=1S/C17H15NO5/c19-13-4-3-11-9-17(6-5-15(20)21,23-14(11)8-13)16(22)12-2-1-7-18-10-12/h1-4,7-8,10,19H,5-6,9H2,(H,20,21). The third-order valence-electron chi connectivity index (χ3n) is 3.91. The van der Waals surface area contributed by atoms with E-state index in [0.29, 0.717) is 11.3 Å². The number of ketones is 1. The number of carboxylic acid groups (broad SMARTS) is 1. The first kappa shape index (κ1) is 15.0.